The van der Waals surface area contributed by atoms with Crippen molar-refractivity contribution in [1.29, 1.82) is 0 Å². The minimum Gasteiger partial charge on any atom is -0.453 e. The minimum absolute atomic E-state index is 0.794. The van der Waals surface area contributed by atoms with Crippen LogP contribution in [0.5, 0.6) is 11.5 Å². The van der Waals surface area contributed by atoms with Gasteiger partial charge in [0.25, 0.3) is 0 Å². The van der Waals surface area contributed by atoms with Crippen molar-refractivity contribution >= 4 is 33.3 Å². The molecular formula is C33H29N5O2. The number of aromatic nitrogens is 3. The van der Waals surface area contributed by atoms with Crippen LogP contribution in [-0.4, -0.2) is 59.2 Å². The first kappa shape index (κ1) is 23.3. The molecule has 0 spiro atoms. The second-order valence-corrected chi connectivity index (χ2v) is 10.5. The Labute approximate surface area is 232 Å². The van der Waals surface area contributed by atoms with Crippen molar-refractivity contribution < 1.29 is 9.47 Å². The molecule has 0 unspecified atom stereocenters. The first-order valence-electron chi connectivity index (χ1n) is 13.8. The highest BCUT2D eigenvalue weighted by Crippen LogP contribution is 2.49. The Morgan fingerprint density at radius 3 is 2.12 bits per heavy atom. The van der Waals surface area contributed by atoms with E-state index in [1.54, 1.807) is 6.33 Å². The van der Waals surface area contributed by atoms with Crippen molar-refractivity contribution in [2.75, 3.05) is 44.3 Å². The summed E-state index contributed by atoms with van der Waals surface area (Å²) < 4.78 is 12.1. The number of imidazole rings is 1. The second kappa shape index (κ2) is 9.55. The highest BCUT2D eigenvalue weighted by molar-refractivity contribution is 5.89. The molecule has 0 radical (unpaired) electrons. The number of nitrogens with zero attached hydrogens (tertiary/aromatic N) is 3. The van der Waals surface area contributed by atoms with Crippen molar-refractivity contribution in [2.24, 2.45) is 0 Å². The maximum absolute atomic E-state index is 6.50. The van der Waals surface area contributed by atoms with Gasteiger partial charge in [0.2, 0.25) is 0 Å². The first-order chi connectivity index (χ1) is 19.8. The standard InChI is InChI=1S/C33H29N5O2/c1-5-27-26(9-10-34-27)17-22(1)24-3-7-32-30(19-24)38(12-11-37-13-15-39-16-14-37)31-20-25(4-8-33(31)40-32)23-2-6-28-29(18-23)36-21-35-28/h1-10,17-21,34H,11-16H2,(H,35,36). The number of hydrogen-bond donors (Lipinski definition) is 2. The summed E-state index contributed by atoms with van der Waals surface area (Å²) in [7, 11) is 0. The van der Waals surface area contributed by atoms with Crippen LogP contribution in [0.3, 0.4) is 0 Å². The molecule has 0 atom stereocenters. The fraction of sp³-hybridized carbons (Fsp3) is 0.182. The molecular weight excluding hydrogens is 498 g/mol. The molecule has 1 saturated heterocycles. The Balaban J connectivity index is 1.20. The van der Waals surface area contributed by atoms with Gasteiger partial charge in [-0.25, -0.2) is 4.98 Å². The summed E-state index contributed by atoms with van der Waals surface area (Å²) in [6.45, 7) is 5.31. The van der Waals surface area contributed by atoms with E-state index in [0.717, 1.165) is 89.9 Å². The third-order valence-corrected chi connectivity index (χ3v) is 8.10. The van der Waals surface area contributed by atoms with Gasteiger partial charge in [-0.2, -0.15) is 0 Å². The van der Waals surface area contributed by atoms with E-state index in [-0.39, 0.29) is 0 Å². The Hall–Kier alpha value is -4.59. The monoisotopic (exact) mass is 527 g/mol. The fourth-order valence-corrected chi connectivity index (χ4v) is 5.89. The molecule has 1 fully saturated rings. The maximum atomic E-state index is 6.50. The molecule has 6 aromatic rings. The summed E-state index contributed by atoms with van der Waals surface area (Å²) in [6, 6.07) is 28.1. The van der Waals surface area contributed by atoms with E-state index in [4.69, 9.17) is 9.47 Å². The average Bonchev–Trinajstić information content (AvgIpc) is 3.68. The Morgan fingerprint density at radius 1 is 0.675 bits per heavy atom. The second-order valence-electron chi connectivity index (χ2n) is 10.5. The lowest BCUT2D eigenvalue weighted by atomic mass is 10.00. The maximum Gasteiger partial charge on any atom is 0.151 e. The van der Waals surface area contributed by atoms with Gasteiger partial charge in [0, 0.05) is 37.9 Å². The molecule has 2 N–H and O–H groups in total. The van der Waals surface area contributed by atoms with E-state index < -0.39 is 0 Å². The molecule has 2 aliphatic heterocycles. The van der Waals surface area contributed by atoms with Gasteiger partial charge in [-0.05, 0) is 82.2 Å². The number of morpholine rings is 1. The summed E-state index contributed by atoms with van der Waals surface area (Å²) in [5.74, 6) is 1.76. The third kappa shape index (κ3) is 4.11. The Bertz CT molecular complexity index is 1730. The molecule has 4 heterocycles. The summed E-state index contributed by atoms with van der Waals surface area (Å²) >= 11 is 0. The van der Waals surface area contributed by atoms with Crippen LogP contribution < -0.4 is 9.64 Å². The normalized spacial score (nSPS) is 15.2. The van der Waals surface area contributed by atoms with Crippen molar-refractivity contribution in [3.05, 3.63) is 91.4 Å². The van der Waals surface area contributed by atoms with Crippen LogP contribution in [0.2, 0.25) is 0 Å². The molecule has 198 valence electrons. The smallest absolute Gasteiger partial charge is 0.151 e. The van der Waals surface area contributed by atoms with E-state index in [0.29, 0.717) is 0 Å². The largest absolute Gasteiger partial charge is 0.453 e. The van der Waals surface area contributed by atoms with Crippen molar-refractivity contribution in [1.82, 2.24) is 19.9 Å². The van der Waals surface area contributed by atoms with Crippen molar-refractivity contribution in [2.45, 2.75) is 0 Å². The number of anilines is 2. The SMILES string of the molecule is c1cc2cc(-c3ccc4c(c3)N(CCN3CCOCC3)c3cc(-c5ccc6[nH]cnc6c5)ccc3O4)ccc2[nH]1. The lowest BCUT2D eigenvalue weighted by Gasteiger charge is -2.36. The van der Waals surface area contributed by atoms with Gasteiger partial charge >= 0.3 is 0 Å². The van der Waals surface area contributed by atoms with E-state index in [2.05, 4.69) is 104 Å². The number of fused-ring (bicyclic) bond motifs is 4. The van der Waals surface area contributed by atoms with E-state index >= 15 is 0 Å². The summed E-state index contributed by atoms with van der Waals surface area (Å²) in [5.41, 5.74) is 9.95. The van der Waals surface area contributed by atoms with Gasteiger partial charge in [-0.1, -0.05) is 24.3 Å². The minimum atomic E-state index is 0.794. The molecule has 0 aliphatic carbocycles. The number of nitrogens with one attached hydrogen (secondary N) is 2. The highest BCUT2D eigenvalue weighted by atomic mass is 16.5. The molecule has 40 heavy (non-hydrogen) atoms. The Morgan fingerprint density at radius 2 is 1.35 bits per heavy atom. The topological polar surface area (TPSA) is 69.4 Å². The Kier molecular flexibility index (Phi) is 5.57. The van der Waals surface area contributed by atoms with Crippen LogP contribution in [0.4, 0.5) is 11.4 Å². The third-order valence-electron chi connectivity index (χ3n) is 8.10. The van der Waals surface area contributed by atoms with Crippen molar-refractivity contribution in [3.8, 4) is 33.8 Å². The molecule has 0 saturated carbocycles. The van der Waals surface area contributed by atoms with Gasteiger partial charge in [-0.3, -0.25) is 4.90 Å². The number of ether oxygens (including phenoxy) is 2. The van der Waals surface area contributed by atoms with Gasteiger partial charge in [0.05, 0.1) is 41.9 Å². The first-order valence-corrected chi connectivity index (χ1v) is 13.8. The zero-order valence-electron chi connectivity index (χ0n) is 22.1. The van der Waals surface area contributed by atoms with Gasteiger partial charge in [0.1, 0.15) is 0 Å². The van der Waals surface area contributed by atoms with Gasteiger partial charge < -0.3 is 24.3 Å². The number of rotatable bonds is 5. The van der Waals surface area contributed by atoms with Gasteiger partial charge in [0.15, 0.2) is 11.5 Å². The predicted octanol–water partition coefficient (Wildman–Crippen LogP) is 6.95. The van der Waals surface area contributed by atoms with Gasteiger partial charge in [-0.15, -0.1) is 0 Å². The molecule has 2 aliphatic rings. The molecule has 8 rings (SSSR count). The lowest BCUT2D eigenvalue weighted by molar-refractivity contribution is 0.0394. The molecule has 2 aromatic heterocycles. The van der Waals surface area contributed by atoms with Crippen LogP contribution in [0.15, 0.2) is 91.4 Å². The highest BCUT2D eigenvalue weighted by Gasteiger charge is 2.26. The lowest BCUT2D eigenvalue weighted by Crippen LogP contribution is -2.41. The number of hydrogen-bond acceptors (Lipinski definition) is 5. The fourth-order valence-electron chi connectivity index (χ4n) is 5.89. The molecule has 7 nitrogen and oxygen atoms in total. The summed E-state index contributed by atoms with van der Waals surface area (Å²) in [5, 5.41) is 1.21. The molecule has 0 bridgehead atoms. The van der Waals surface area contributed by atoms with Crippen LogP contribution in [0, 0.1) is 0 Å². The quantitative estimate of drug-likeness (QED) is 0.254. The van der Waals surface area contributed by atoms with Crippen LogP contribution in [0.25, 0.3) is 44.2 Å². The van der Waals surface area contributed by atoms with Crippen LogP contribution >= 0.6 is 0 Å². The number of benzene rings is 4. The summed E-state index contributed by atoms with van der Waals surface area (Å²) in [6.07, 6.45) is 3.73. The van der Waals surface area contributed by atoms with E-state index in [9.17, 15) is 0 Å². The zero-order valence-corrected chi connectivity index (χ0v) is 22.1. The molecule has 4 aromatic carbocycles. The van der Waals surface area contributed by atoms with E-state index in [1.165, 1.54) is 16.5 Å². The van der Waals surface area contributed by atoms with Crippen molar-refractivity contribution in [3.63, 3.8) is 0 Å². The number of H-pyrrole nitrogens is 2. The number of aromatic amines is 2. The predicted molar refractivity (Wildman–Crippen MR) is 160 cm³/mol. The van der Waals surface area contributed by atoms with Crippen LogP contribution in [-0.2, 0) is 4.74 Å². The summed E-state index contributed by atoms with van der Waals surface area (Å²) in [4.78, 5) is 15.9. The molecule has 0 amide bonds. The average molecular weight is 528 g/mol. The molecule has 7 heteroatoms. The zero-order chi connectivity index (χ0) is 26.5. The van der Waals surface area contributed by atoms with E-state index in [1.807, 2.05) is 6.20 Å². The van der Waals surface area contributed by atoms with Crippen LogP contribution in [0.1, 0.15) is 0 Å².